The number of fused-ring (bicyclic) bond motifs is 3. The first-order valence-corrected chi connectivity index (χ1v) is 9.68. The van der Waals surface area contributed by atoms with Gasteiger partial charge < -0.3 is 4.90 Å². The molecule has 0 heterocycles. The molecule has 1 nitrogen and oxygen atoms in total. The molecular formula is C24H37N. The van der Waals surface area contributed by atoms with Crippen molar-refractivity contribution in [2.45, 2.75) is 66.2 Å². The lowest BCUT2D eigenvalue weighted by atomic mass is 9.55. The summed E-state index contributed by atoms with van der Waals surface area (Å²) < 4.78 is 0. The lowest BCUT2D eigenvalue weighted by molar-refractivity contribution is 0.299. The zero-order valence-corrected chi connectivity index (χ0v) is 18.0. The van der Waals surface area contributed by atoms with Gasteiger partial charge >= 0.3 is 0 Å². The van der Waals surface area contributed by atoms with Crippen molar-refractivity contribution in [3.05, 3.63) is 53.6 Å². The Morgan fingerprint density at radius 3 is 1.68 bits per heavy atom. The second-order valence-corrected chi connectivity index (χ2v) is 7.42. The van der Waals surface area contributed by atoms with E-state index in [1.165, 1.54) is 27.9 Å². The van der Waals surface area contributed by atoms with E-state index in [1.807, 2.05) is 27.7 Å². The molecule has 0 spiro atoms. The zero-order chi connectivity index (χ0) is 19.4. The van der Waals surface area contributed by atoms with Gasteiger partial charge in [-0.3, -0.25) is 0 Å². The summed E-state index contributed by atoms with van der Waals surface area (Å²) in [4.78, 5) is 2.18. The number of rotatable bonds is 1. The van der Waals surface area contributed by atoms with Crippen LogP contribution in [-0.2, 0) is 10.8 Å². The van der Waals surface area contributed by atoms with Crippen molar-refractivity contribution in [1.82, 2.24) is 0 Å². The molecule has 1 aliphatic carbocycles. The van der Waals surface area contributed by atoms with Gasteiger partial charge in [0.2, 0.25) is 0 Å². The van der Waals surface area contributed by atoms with E-state index in [9.17, 15) is 0 Å². The van der Waals surface area contributed by atoms with Crippen LogP contribution in [0, 0.1) is 0 Å². The summed E-state index contributed by atoms with van der Waals surface area (Å²) in [5.41, 5.74) is 7.18. The first kappa shape index (κ1) is 21.3. The van der Waals surface area contributed by atoms with E-state index in [0.29, 0.717) is 0 Å². The fraction of sp³-hybridized carbons (Fsp3) is 0.500. The Labute approximate surface area is 156 Å². The van der Waals surface area contributed by atoms with Crippen LogP contribution in [-0.4, -0.2) is 14.1 Å². The van der Waals surface area contributed by atoms with Crippen molar-refractivity contribution in [3.63, 3.8) is 0 Å². The monoisotopic (exact) mass is 339 g/mol. The Balaban J connectivity index is 0.000000730. The van der Waals surface area contributed by atoms with Crippen molar-refractivity contribution < 1.29 is 0 Å². The number of benzene rings is 2. The molecule has 0 amide bonds. The molecule has 0 bridgehead atoms. The lowest BCUT2D eigenvalue weighted by Gasteiger charge is -2.48. The predicted octanol–water partition coefficient (Wildman–Crippen LogP) is 7.04. The fourth-order valence-corrected chi connectivity index (χ4v) is 3.50. The van der Waals surface area contributed by atoms with Gasteiger partial charge in [0.25, 0.3) is 0 Å². The minimum Gasteiger partial charge on any atom is -0.378 e. The van der Waals surface area contributed by atoms with Crippen LogP contribution >= 0.6 is 0 Å². The molecule has 0 unspecified atom stereocenters. The van der Waals surface area contributed by atoms with E-state index in [4.69, 9.17) is 0 Å². The number of nitrogens with zero attached hydrogens (tertiary/aromatic N) is 1. The van der Waals surface area contributed by atoms with Gasteiger partial charge in [-0.1, -0.05) is 85.7 Å². The summed E-state index contributed by atoms with van der Waals surface area (Å²) in [7, 11) is 4.22. The normalized spacial score (nSPS) is 15.4. The molecule has 138 valence electrons. The van der Waals surface area contributed by atoms with Crippen molar-refractivity contribution in [1.29, 1.82) is 0 Å². The van der Waals surface area contributed by atoms with Crippen LogP contribution in [0.15, 0.2) is 42.5 Å². The molecule has 25 heavy (non-hydrogen) atoms. The Morgan fingerprint density at radius 1 is 0.640 bits per heavy atom. The van der Waals surface area contributed by atoms with E-state index >= 15 is 0 Å². The highest BCUT2D eigenvalue weighted by molar-refractivity contribution is 5.79. The van der Waals surface area contributed by atoms with Crippen LogP contribution in [0.25, 0.3) is 11.1 Å². The van der Waals surface area contributed by atoms with Crippen molar-refractivity contribution >= 4 is 5.69 Å². The van der Waals surface area contributed by atoms with Crippen molar-refractivity contribution in [2.75, 3.05) is 19.0 Å². The zero-order valence-electron chi connectivity index (χ0n) is 18.0. The minimum atomic E-state index is 0.0999. The quantitative estimate of drug-likeness (QED) is 0.538. The third-order valence-electron chi connectivity index (χ3n) is 5.65. The Kier molecular flexibility index (Phi) is 6.88. The molecule has 0 fully saturated rings. The van der Waals surface area contributed by atoms with Gasteiger partial charge in [0.1, 0.15) is 0 Å². The van der Waals surface area contributed by atoms with Crippen molar-refractivity contribution in [3.8, 4) is 11.1 Å². The predicted molar refractivity (Wildman–Crippen MR) is 115 cm³/mol. The highest BCUT2D eigenvalue weighted by Gasteiger charge is 2.45. The molecule has 0 aromatic heterocycles. The van der Waals surface area contributed by atoms with E-state index in [2.05, 4.69) is 89.2 Å². The van der Waals surface area contributed by atoms with Gasteiger partial charge in [-0.2, -0.15) is 0 Å². The maximum atomic E-state index is 2.38. The number of hydrogen-bond acceptors (Lipinski definition) is 1. The molecule has 0 aliphatic heterocycles. The summed E-state index contributed by atoms with van der Waals surface area (Å²) in [6, 6.07) is 15.8. The Morgan fingerprint density at radius 2 is 1.12 bits per heavy atom. The molecule has 1 aliphatic rings. The topological polar surface area (TPSA) is 3.24 Å². The first-order valence-electron chi connectivity index (χ1n) is 9.68. The lowest BCUT2D eigenvalue weighted by Crippen LogP contribution is -2.43. The van der Waals surface area contributed by atoms with E-state index in [1.54, 1.807) is 0 Å². The van der Waals surface area contributed by atoms with Crippen LogP contribution in [0.4, 0.5) is 5.69 Å². The summed E-state index contributed by atoms with van der Waals surface area (Å²) in [5.74, 6) is 0. The third kappa shape index (κ3) is 3.47. The molecule has 0 saturated heterocycles. The standard InChI is InChI=1S/C20H25N.2C2H6/c1-19(2)17-10-8-7-9-15(17)16-12-11-14(21(5)6)13-18(16)20(19,3)4;2*1-2/h7-13H,1-6H3;2*1-2H3. The average Bonchev–Trinajstić information content (AvgIpc) is 2.63. The van der Waals surface area contributed by atoms with Crippen molar-refractivity contribution in [2.24, 2.45) is 0 Å². The molecule has 0 atom stereocenters. The summed E-state index contributed by atoms with van der Waals surface area (Å²) in [5, 5.41) is 0. The molecule has 0 saturated carbocycles. The molecule has 1 heteroatoms. The van der Waals surface area contributed by atoms with Crippen LogP contribution < -0.4 is 4.90 Å². The fourth-order valence-electron chi connectivity index (χ4n) is 3.50. The highest BCUT2D eigenvalue weighted by atomic mass is 15.1. The largest absolute Gasteiger partial charge is 0.378 e. The van der Waals surface area contributed by atoms with E-state index < -0.39 is 0 Å². The summed E-state index contributed by atoms with van der Waals surface area (Å²) >= 11 is 0. The molecule has 0 radical (unpaired) electrons. The average molecular weight is 340 g/mol. The highest BCUT2D eigenvalue weighted by Crippen LogP contribution is 2.54. The van der Waals surface area contributed by atoms with Gasteiger partial charge in [0.05, 0.1) is 0 Å². The van der Waals surface area contributed by atoms with Crippen LogP contribution in [0.5, 0.6) is 0 Å². The second kappa shape index (κ2) is 8.08. The molecule has 2 aromatic carbocycles. The maximum Gasteiger partial charge on any atom is 0.0364 e. The Hall–Kier alpha value is -1.76. The SMILES string of the molecule is CC.CC.CN(C)c1ccc2c(c1)C(C)(C)C(C)(C)c1ccccc1-2. The molecule has 2 aromatic rings. The van der Waals surface area contributed by atoms with Gasteiger partial charge in [0.15, 0.2) is 0 Å². The Bertz CT molecular complexity index is 693. The van der Waals surface area contributed by atoms with Crippen LogP contribution in [0.1, 0.15) is 66.5 Å². The van der Waals surface area contributed by atoms with E-state index in [0.717, 1.165) is 0 Å². The molecule has 0 N–H and O–H groups in total. The van der Waals surface area contributed by atoms with Gasteiger partial charge in [-0.15, -0.1) is 0 Å². The number of hydrogen-bond donors (Lipinski definition) is 0. The molecular weight excluding hydrogens is 302 g/mol. The maximum absolute atomic E-state index is 2.38. The van der Waals surface area contributed by atoms with Gasteiger partial charge in [0, 0.05) is 19.8 Å². The van der Waals surface area contributed by atoms with Crippen LogP contribution in [0.2, 0.25) is 0 Å². The minimum absolute atomic E-state index is 0.0999. The smallest absolute Gasteiger partial charge is 0.0364 e. The third-order valence-corrected chi connectivity index (χ3v) is 5.65. The summed E-state index contributed by atoms with van der Waals surface area (Å²) in [6.45, 7) is 17.5. The first-order chi connectivity index (χ1) is 11.8. The summed E-state index contributed by atoms with van der Waals surface area (Å²) in [6.07, 6.45) is 0. The second-order valence-electron chi connectivity index (χ2n) is 7.42. The molecule has 3 rings (SSSR count). The van der Waals surface area contributed by atoms with E-state index in [-0.39, 0.29) is 10.8 Å². The van der Waals surface area contributed by atoms with Gasteiger partial charge in [-0.25, -0.2) is 0 Å². The van der Waals surface area contributed by atoms with Gasteiger partial charge in [-0.05, 0) is 45.2 Å². The number of anilines is 1. The van der Waals surface area contributed by atoms with Crippen LogP contribution in [0.3, 0.4) is 0 Å².